The molecule has 0 aliphatic carbocycles. The Bertz CT molecular complexity index is 625. The highest BCUT2D eigenvalue weighted by molar-refractivity contribution is 5.91. The molecule has 112 valence electrons. The van der Waals surface area contributed by atoms with Crippen LogP contribution in [0.15, 0.2) is 30.3 Å². The van der Waals surface area contributed by atoms with Gasteiger partial charge in [0, 0.05) is 37.8 Å². The van der Waals surface area contributed by atoms with E-state index in [1.807, 2.05) is 6.07 Å². The van der Waals surface area contributed by atoms with E-state index < -0.39 is 0 Å². The molecule has 1 unspecified atom stereocenters. The Kier molecular flexibility index (Phi) is 4.08. The number of aromatic nitrogens is 1. The summed E-state index contributed by atoms with van der Waals surface area (Å²) in [5.74, 6) is 0.744. The average molecular weight is 284 g/mol. The number of hydrogen-bond donors (Lipinski definition) is 1. The van der Waals surface area contributed by atoms with Gasteiger partial charge in [-0.05, 0) is 38.1 Å². The molecule has 1 aromatic heterocycles. The first kappa shape index (κ1) is 14.3. The third kappa shape index (κ3) is 3.01. The van der Waals surface area contributed by atoms with Gasteiger partial charge in [0.05, 0.1) is 11.2 Å². The monoisotopic (exact) mass is 284 g/mol. The third-order valence-electron chi connectivity index (χ3n) is 4.39. The second-order valence-corrected chi connectivity index (χ2v) is 6.15. The molecular weight excluding hydrogens is 260 g/mol. The van der Waals surface area contributed by atoms with Crippen molar-refractivity contribution in [3.63, 3.8) is 0 Å². The number of benzene rings is 1. The van der Waals surface area contributed by atoms with Gasteiger partial charge in [-0.2, -0.15) is 0 Å². The van der Waals surface area contributed by atoms with Crippen LogP contribution < -0.4 is 10.6 Å². The fourth-order valence-corrected chi connectivity index (χ4v) is 3.29. The highest BCUT2D eigenvalue weighted by Crippen LogP contribution is 2.27. The largest absolute Gasteiger partial charge is 0.374 e. The van der Waals surface area contributed by atoms with Crippen LogP contribution in [0.25, 0.3) is 10.9 Å². The molecule has 2 heterocycles. The molecule has 0 bridgehead atoms. The molecule has 4 nitrogen and oxygen atoms in total. The molecule has 1 aromatic carbocycles. The summed E-state index contributed by atoms with van der Waals surface area (Å²) < 4.78 is 0. The van der Waals surface area contributed by atoms with Crippen LogP contribution in [-0.4, -0.2) is 43.6 Å². The van der Waals surface area contributed by atoms with Gasteiger partial charge in [-0.15, -0.1) is 0 Å². The summed E-state index contributed by atoms with van der Waals surface area (Å²) in [5, 5.41) is 1.21. The lowest BCUT2D eigenvalue weighted by Gasteiger charge is -2.25. The smallest absolute Gasteiger partial charge is 0.0726 e. The quantitative estimate of drug-likeness (QED) is 0.933. The lowest BCUT2D eigenvalue weighted by atomic mass is 10.1. The highest BCUT2D eigenvalue weighted by Gasteiger charge is 2.21. The summed E-state index contributed by atoms with van der Waals surface area (Å²) in [6, 6.07) is 10.5. The van der Waals surface area contributed by atoms with E-state index in [1.165, 1.54) is 30.6 Å². The van der Waals surface area contributed by atoms with Crippen molar-refractivity contribution in [2.24, 2.45) is 11.7 Å². The maximum Gasteiger partial charge on any atom is 0.0726 e. The second kappa shape index (κ2) is 6.00. The molecule has 2 N–H and O–H groups in total. The molecule has 3 rings (SSSR count). The van der Waals surface area contributed by atoms with Crippen LogP contribution >= 0.6 is 0 Å². The zero-order valence-corrected chi connectivity index (χ0v) is 12.9. The number of rotatable bonds is 4. The van der Waals surface area contributed by atoms with E-state index >= 15 is 0 Å². The van der Waals surface area contributed by atoms with E-state index in [-0.39, 0.29) is 0 Å². The molecule has 0 spiro atoms. The number of nitrogens with zero attached hydrogens (tertiary/aromatic N) is 3. The predicted molar refractivity (Wildman–Crippen MR) is 88.5 cm³/mol. The number of likely N-dealkylation sites (tertiary alicyclic amines) is 1. The minimum absolute atomic E-state index is 0.484. The van der Waals surface area contributed by atoms with Gasteiger partial charge >= 0.3 is 0 Å². The lowest BCUT2D eigenvalue weighted by Crippen LogP contribution is -2.27. The third-order valence-corrected chi connectivity index (χ3v) is 4.39. The Balaban J connectivity index is 1.90. The predicted octanol–water partition coefficient (Wildman–Crippen LogP) is 2.08. The number of fused-ring (bicyclic) bond motifs is 1. The minimum atomic E-state index is 0.484. The van der Waals surface area contributed by atoms with Crippen LogP contribution in [0.4, 0.5) is 5.69 Å². The van der Waals surface area contributed by atoms with E-state index in [0.717, 1.165) is 23.7 Å². The molecule has 0 radical (unpaired) electrons. The summed E-state index contributed by atoms with van der Waals surface area (Å²) in [7, 11) is 4.38. The molecule has 2 aromatic rings. The summed E-state index contributed by atoms with van der Waals surface area (Å²) in [6.45, 7) is 3.97. The van der Waals surface area contributed by atoms with Crippen molar-refractivity contribution in [1.82, 2.24) is 9.88 Å². The molecule has 0 amide bonds. The topological polar surface area (TPSA) is 45.4 Å². The van der Waals surface area contributed by atoms with E-state index in [1.54, 1.807) is 0 Å². The van der Waals surface area contributed by atoms with Crippen molar-refractivity contribution in [1.29, 1.82) is 0 Å². The molecule has 1 fully saturated rings. The van der Waals surface area contributed by atoms with Gasteiger partial charge in [-0.1, -0.05) is 18.2 Å². The standard InChI is InChI=1S/C17H24N4/c1-20-8-7-13(11-20)12-21(2)17-9-14(10-18)19-16-6-4-3-5-15(16)17/h3-6,9,13H,7-8,10-12,18H2,1-2H3. The van der Waals surface area contributed by atoms with Crippen LogP contribution in [0.2, 0.25) is 0 Å². The van der Waals surface area contributed by atoms with Gasteiger partial charge in [0.15, 0.2) is 0 Å². The van der Waals surface area contributed by atoms with Crippen molar-refractivity contribution >= 4 is 16.6 Å². The van der Waals surface area contributed by atoms with Gasteiger partial charge in [0.2, 0.25) is 0 Å². The van der Waals surface area contributed by atoms with Crippen LogP contribution in [0.3, 0.4) is 0 Å². The summed E-state index contributed by atoms with van der Waals surface area (Å²) in [4.78, 5) is 9.40. The highest BCUT2D eigenvalue weighted by atomic mass is 15.2. The Morgan fingerprint density at radius 2 is 2.19 bits per heavy atom. The van der Waals surface area contributed by atoms with E-state index in [9.17, 15) is 0 Å². The van der Waals surface area contributed by atoms with E-state index in [2.05, 4.69) is 53.1 Å². The Morgan fingerprint density at radius 1 is 1.38 bits per heavy atom. The Morgan fingerprint density at radius 3 is 2.90 bits per heavy atom. The van der Waals surface area contributed by atoms with Crippen LogP contribution in [0.1, 0.15) is 12.1 Å². The number of nitrogens with two attached hydrogens (primary N) is 1. The normalized spacial score (nSPS) is 19.3. The SMILES string of the molecule is CN1CCC(CN(C)c2cc(CN)nc3ccccc23)C1. The fraction of sp³-hybridized carbons (Fsp3) is 0.471. The molecule has 1 aliphatic rings. The number of para-hydroxylation sites is 1. The van der Waals surface area contributed by atoms with Gasteiger partial charge in [-0.3, -0.25) is 4.98 Å². The van der Waals surface area contributed by atoms with Crippen molar-refractivity contribution < 1.29 is 0 Å². The van der Waals surface area contributed by atoms with Crippen molar-refractivity contribution in [2.75, 3.05) is 38.6 Å². The van der Waals surface area contributed by atoms with Crippen molar-refractivity contribution in [3.8, 4) is 0 Å². The Labute approximate surface area is 126 Å². The molecule has 1 saturated heterocycles. The molecule has 4 heteroatoms. The van der Waals surface area contributed by atoms with Crippen molar-refractivity contribution in [2.45, 2.75) is 13.0 Å². The number of pyridine rings is 1. The van der Waals surface area contributed by atoms with Gasteiger partial charge < -0.3 is 15.5 Å². The average Bonchev–Trinajstić information content (AvgIpc) is 2.91. The maximum atomic E-state index is 5.80. The zero-order valence-electron chi connectivity index (χ0n) is 12.9. The molecule has 21 heavy (non-hydrogen) atoms. The first-order valence-corrected chi connectivity index (χ1v) is 7.66. The number of anilines is 1. The molecule has 0 saturated carbocycles. The van der Waals surface area contributed by atoms with Crippen LogP contribution in [-0.2, 0) is 6.54 Å². The van der Waals surface area contributed by atoms with Gasteiger partial charge in [-0.25, -0.2) is 0 Å². The Hall–Kier alpha value is -1.65. The molecular formula is C17H24N4. The van der Waals surface area contributed by atoms with Crippen LogP contribution in [0.5, 0.6) is 0 Å². The minimum Gasteiger partial charge on any atom is -0.374 e. The maximum absolute atomic E-state index is 5.80. The van der Waals surface area contributed by atoms with Gasteiger partial charge in [0.25, 0.3) is 0 Å². The summed E-state index contributed by atoms with van der Waals surface area (Å²) >= 11 is 0. The summed E-state index contributed by atoms with van der Waals surface area (Å²) in [6.07, 6.45) is 1.29. The first-order chi connectivity index (χ1) is 10.2. The second-order valence-electron chi connectivity index (χ2n) is 6.15. The van der Waals surface area contributed by atoms with Crippen LogP contribution in [0, 0.1) is 5.92 Å². The molecule has 1 aliphatic heterocycles. The van der Waals surface area contributed by atoms with E-state index in [4.69, 9.17) is 5.73 Å². The van der Waals surface area contributed by atoms with Crippen molar-refractivity contribution in [3.05, 3.63) is 36.0 Å². The summed E-state index contributed by atoms with van der Waals surface area (Å²) in [5.41, 5.74) is 9.04. The fourth-order valence-electron chi connectivity index (χ4n) is 3.29. The number of hydrogen-bond acceptors (Lipinski definition) is 4. The first-order valence-electron chi connectivity index (χ1n) is 7.66. The van der Waals surface area contributed by atoms with Gasteiger partial charge in [0.1, 0.15) is 0 Å². The lowest BCUT2D eigenvalue weighted by molar-refractivity contribution is 0.396. The van der Waals surface area contributed by atoms with E-state index in [0.29, 0.717) is 6.54 Å². The molecule has 1 atom stereocenters. The zero-order chi connectivity index (χ0) is 14.8.